The number of rotatable bonds is 4. The molecule has 3 aromatic rings. The van der Waals surface area contributed by atoms with E-state index >= 15 is 0 Å². The van der Waals surface area contributed by atoms with Gasteiger partial charge in [-0.15, -0.1) is 0 Å². The van der Waals surface area contributed by atoms with Crippen molar-refractivity contribution in [3.8, 4) is 11.6 Å². The van der Waals surface area contributed by atoms with Crippen LogP contribution < -0.4 is 10.1 Å². The Kier molecular flexibility index (Phi) is 4.58. The summed E-state index contributed by atoms with van der Waals surface area (Å²) >= 11 is 6.04. The van der Waals surface area contributed by atoms with Crippen LogP contribution in [0.1, 0.15) is 11.1 Å². The third-order valence-corrected chi connectivity index (χ3v) is 4.58. The van der Waals surface area contributed by atoms with Gasteiger partial charge in [-0.3, -0.25) is 4.79 Å². The maximum absolute atomic E-state index is 12.6. The molecule has 1 aromatic carbocycles. The first-order chi connectivity index (χ1) is 12.7. The van der Waals surface area contributed by atoms with E-state index in [4.69, 9.17) is 16.3 Å². The van der Waals surface area contributed by atoms with Crippen LogP contribution in [0.4, 0.5) is 0 Å². The summed E-state index contributed by atoms with van der Waals surface area (Å²) in [5.74, 6) is 1.21. The van der Waals surface area contributed by atoms with Gasteiger partial charge in [0.15, 0.2) is 5.82 Å². The van der Waals surface area contributed by atoms with Gasteiger partial charge in [0.05, 0.1) is 5.92 Å². The molecule has 1 N–H and O–H groups in total. The van der Waals surface area contributed by atoms with E-state index in [1.165, 1.54) is 0 Å². The Morgan fingerprint density at radius 3 is 3.08 bits per heavy atom. The van der Waals surface area contributed by atoms with E-state index in [1.807, 2.05) is 36.5 Å². The Balaban J connectivity index is 1.44. The van der Waals surface area contributed by atoms with E-state index in [1.54, 1.807) is 23.1 Å². The van der Waals surface area contributed by atoms with Crippen molar-refractivity contribution in [1.29, 1.82) is 0 Å². The molecule has 7 heteroatoms. The molecule has 4 rings (SSSR count). The average Bonchev–Trinajstić information content (AvgIpc) is 3.20. The SMILES string of the molecule is O=C(NCc1cccnc1-n1cccn1)C1COc2ccc(Cl)cc2C1. The number of aromatic nitrogens is 3. The van der Waals surface area contributed by atoms with Crippen LogP contribution >= 0.6 is 11.6 Å². The number of halogens is 1. The number of carbonyl (C=O) groups is 1. The van der Waals surface area contributed by atoms with Crippen LogP contribution in [0.2, 0.25) is 5.02 Å². The Hall–Kier alpha value is -2.86. The van der Waals surface area contributed by atoms with Crippen LogP contribution in [0, 0.1) is 5.92 Å². The number of carbonyl (C=O) groups excluding carboxylic acids is 1. The van der Waals surface area contributed by atoms with Gasteiger partial charge in [-0.25, -0.2) is 9.67 Å². The van der Waals surface area contributed by atoms with Gasteiger partial charge in [-0.1, -0.05) is 17.7 Å². The Morgan fingerprint density at radius 1 is 1.31 bits per heavy atom. The number of amides is 1. The third-order valence-electron chi connectivity index (χ3n) is 4.34. The molecule has 0 fully saturated rings. The van der Waals surface area contributed by atoms with Crippen LogP contribution in [0.5, 0.6) is 5.75 Å². The standard InChI is InChI=1S/C19H17ClN4O2/c20-16-4-5-17-14(10-16)9-15(12-26-17)19(25)22-11-13-3-1-6-21-18(13)24-8-2-7-23-24/h1-8,10,15H,9,11-12H2,(H,22,25). The number of hydrogen-bond acceptors (Lipinski definition) is 4. The lowest BCUT2D eigenvalue weighted by atomic mass is 9.96. The highest BCUT2D eigenvalue weighted by atomic mass is 35.5. The summed E-state index contributed by atoms with van der Waals surface area (Å²) in [6.45, 7) is 0.736. The minimum Gasteiger partial charge on any atom is -0.492 e. The topological polar surface area (TPSA) is 69.0 Å². The first-order valence-electron chi connectivity index (χ1n) is 8.33. The lowest BCUT2D eigenvalue weighted by molar-refractivity contribution is -0.126. The van der Waals surface area contributed by atoms with E-state index in [0.717, 1.165) is 16.9 Å². The second-order valence-corrected chi connectivity index (χ2v) is 6.56. The predicted octanol–water partition coefficient (Wildman–Crippen LogP) is 2.79. The fourth-order valence-corrected chi connectivity index (χ4v) is 3.22. The highest BCUT2D eigenvalue weighted by Crippen LogP contribution is 2.29. The molecule has 0 bridgehead atoms. The second-order valence-electron chi connectivity index (χ2n) is 6.12. The molecular weight excluding hydrogens is 352 g/mol. The van der Waals surface area contributed by atoms with Gasteiger partial charge in [0.25, 0.3) is 0 Å². The van der Waals surface area contributed by atoms with E-state index in [9.17, 15) is 4.79 Å². The predicted molar refractivity (Wildman–Crippen MR) is 97.3 cm³/mol. The van der Waals surface area contributed by atoms with E-state index in [0.29, 0.717) is 30.4 Å². The number of benzene rings is 1. The van der Waals surface area contributed by atoms with Gasteiger partial charge in [0, 0.05) is 35.7 Å². The summed E-state index contributed by atoms with van der Waals surface area (Å²) in [7, 11) is 0. The smallest absolute Gasteiger partial charge is 0.227 e. The van der Waals surface area contributed by atoms with Crippen LogP contribution in [0.3, 0.4) is 0 Å². The Morgan fingerprint density at radius 2 is 2.23 bits per heavy atom. The molecule has 0 saturated heterocycles. The second kappa shape index (κ2) is 7.17. The molecular formula is C19H17ClN4O2. The van der Waals surface area contributed by atoms with Crippen molar-refractivity contribution in [3.05, 3.63) is 71.1 Å². The summed E-state index contributed by atoms with van der Waals surface area (Å²) in [4.78, 5) is 17.0. The lowest BCUT2D eigenvalue weighted by Crippen LogP contribution is -2.37. The number of hydrogen-bond donors (Lipinski definition) is 1. The number of nitrogens with zero attached hydrogens (tertiary/aromatic N) is 3. The highest BCUT2D eigenvalue weighted by Gasteiger charge is 2.26. The van der Waals surface area contributed by atoms with Crippen molar-refractivity contribution < 1.29 is 9.53 Å². The summed E-state index contributed by atoms with van der Waals surface area (Å²) < 4.78 is 7.38. The number of pyridine rings is 1. The summed E-state index contributed by atoms with van der Waals surface area (Å²) in [6.07, 6.45) is 5.83. The van der Waals surface area contributed by atoms with Crippen molar-refractivity contribution in [2.75, 3.05) is 6.61 Å². The summed E-state index contributed by atoms with van der Waals surface area (Å²) in [6, 6.07) is 11.1. The van der Waals surface area contributed by atoms with Crippen molar-refractivity contribution >= 4 is 17.5 Å². The van der Waals surface area contributed by atoms with Crippen molar-refractivity contribution in [2.45, 2.75) is 13.0 Å². The Bertz CT molecular complexity index is 927. The molecule has 2 aromatic heterocycles. The minimum absolute atomic E-state index is 0.0501. The van der Waals surface area contributed by atoms with Crippen molar-refractivity contribution in [1.82, 2.24) is 20.1 Å². The molecule has 0 aliphatic carbocycles. The molecule has 0 saturated carbocycles. The van der Waals surface area contributed by atoms with E-state index in [-0.39, 0.29) is 11.8 Å². The first-order valence-corrected chi connectivity index (χ1v) is 8.71. The maximum Gasteiger partial charge on any atom is 0.227 e. The van der Waals surface area contributed by atoms with Gasteiger partial charge in [-0.2, -0.15) is 5.10 Å². The van der Waals surface area contributed by atoms with Crippen LogP contribution in [-0.4, -0.2) is 27.3 Å². The zero-order valence-corrected chi connectivity index (χ0v) is 14.7. The first kappa shape index (κ1) is 16.6. The molecule has 1 amide bonds. The number of nitrogens with one attached hydrogen (secondary N) is 1. The number of fused-ring (bicyclic) bond motifs is 1. The molecule has 26 heavy (non-hydrogen) atoms. The lowest BCUT2D eigenvalue weighted by Gasteiger charge is -2.24. The molecule has 1 atom stereocenters. The molecule has 1 unspecified atom stereocenters. The summed E-state index contributed by atoms with van der Waals surface area (Å²) in [5.41, 5.74) is 1.85. The monoisotopic (exact) mass is 368 g/mol. The van der Waals surface area contributed by atoms with Gasteiger partial charge < -0.3 is 10.1 Å². The van der Waals surface area contributed by atoms with Gasteiger partial charge >= 0.3 is 0 Å². The van der Waals surface area contributed by atoms with Crippen molar-refractivity contribution in [2.24, 2.45) is 5.92 Å². The van der Waals surface area contributed by atoms with Crippen LogP contribution in [-0.2, 0) is 17.8 Å². The molecule has 0 spiro atoms. The average molecular weight is 369 g/mol. The highest BCUT2D eigenvalue weighted by molar-refractivity contribution is 6.30. The zero-order chi connectivity index (χ0) is 17.9. The molecule has 1 aliphatic heterocycles. The third kappa shape index (κ3) is 3.41. The van der Waals surface area contributed by atoms with Gasteiger partial charge in [-0.05, 0) is 42.3 Å². The van der Waals surface area contributed by atoms with Crippen LogP contribution in [0.15, 0.2) is 55.0 Å². The minimum atomic E-state index is -0.245. The molecule has 0 radical (unpaired) electrons. The van der Waals surface area contributed by atoms with E-state index < -0.39 is 0 Å². The Labute approximate surface area is 155 Å². The zero-order valence-electron chi connectivity index (χ0n) is 13.9. The van der Waals surface area contributed by atoms with Crippen LogP contribution in [0.25, 0.3) is 5.82 Å². The van der Waals surface area contributed by atoms with E-state index in [2.05, 4.69) is 15.4 Å². The van der Waals surface area contributed by atoms with Crippen molar-refractivity contribution in [3.63, 3.8) is 0 Å². The molecule has 1 aliphatic rings. The molecule has 132 valence electrons. The quantitative estimate of drug-likeness (QED) is 0.768. The van der Waals surface area contributed by atoms with Gasteiger partial charge in [0.1, 0.15) is 12.4 Å². The fraction of sp³-hybridized carbons (Fsp3) is 0.211. The maximum atomic E-state index is 12.6. The van der Waals surface area contributed by atoms with Gasteiger partial charge in [0.2, 0.25) is 5.91 Å². The normalized spacial score (nSPS) is 15.8. The molecule has 3 heterocycles. The fourth-order valence-electron chi connectivity index (χ4n) is 3.03. The molecule has 6 nitrogen and oxygen atoms in total. The number of ether oxygens (including phenoxy) is 1. The summed E-state index contributed by atoms with van der Waals surface area (Å²) in [5, 5.41) is 7.84. The largest absolute Gasteiger partial charge is 0.492 e.